The van der Waals surface area contributed by atoms with Crippen molar-refractivity contribution in [3.63, 3.8) is 0 Å². The number of alkyl halides is 14. The third-order valence-electron chi connectivity index (χ3n) is 7.61. The number of amides is 2. The summed E-state index contributed by atoms with van der Waals surface area (Å²) in [7, 11) is 0. The molecule has 0 saturated heterocycles. The van der Waals surface area contributed by atoms with Crippen molar-refractivity contribution in [1.29, 1.82) is 0 Å². The second kappa shape index (κ2) is 17.7. The molecule has 0 aliphatic carbocycles. The largest absolute Gasteiger partial charge is 0.435 e. The minimum atomic E-state index is -6.36. The zero-order valence-corrected chi connectivity index (χ0v) is 34.3. The van der Waals surface area contributed by atoms with Crippen molar-refractivity contribution in [2.75, 3.05) is 16.4 Å². The highest BCUT2D eigenvalue weighted by Crippen LogP contribution is 2.56. The van der Waals surface area contributed by atoms with Gasteiger partial charge < -0.3 is 16.4 Å². The smallest absolute Gasteiger partial charge is 0.396 e. The summed E-state index contributed by atoms with van der Waals surface area (Å²) in [5.74, 6) is -5.01. The molecule has 0 unspecified atom stereocenters. The lowest BCUT2D eigenvalue weighted by atomic mass is 9.94. The van der Waals surface area contributed by atoms with Crippen LogP contribution < -0.4 is 16.4 Å². The van der Waals surface area contributed by atoms with Gasteiger partial charge in [0, 0.05) is 35.1 Å². The Bertz CT molecular complexity index is 2260. The molecule has 4 N–H and O–H groups in total. The van der Waals surface area contributed by atoms with Crippen molar-refractivity contribution in [1.82, 2.24) is 0 Å². The molecule has 0 bridgehead atoms. The van der Waals surface area contributed by atoms with Gasteiger partial charge in [-0.25, -0.2) is 13.2 Å². The maximum Gasteiger partial charge on any atom is 0.435 e. The van der Waals surface area contributed by atoms with Gasteiger partial charge in [-0.05, 0) is 106 Å². The topological polar surface area (TPSA) is 127 Å². The van der Waals surface area contributed by atoms with Crippen molar-refractivity contribution in [2.24, 2.45) is 0 Å². The fourth-order valence-corrected chi connectivity index (χ4v) is 7.45. The molecular weight excluding hydrogens is 1130 g/mol. The molecule has 0 radical (unpaired) electrons. The molecule has 2 amide bonds. The predicted molar refractivity (Wildman–Crippen MR) is 193 cm³/mol. The lowest BCUT2D eigenvalue weighted by Crippen LogP contribution is -2.50. The van der Waals surface area contributed by atoms with Gasteiger partial charge in [0.25, 0.3) is 11.8 Å². The second-order valence-corrected chi connectivity index (χ2v) is 14.9. The minimum Gasteiger partial charge on any atom is -0.396 e. The number of nitrogens with one attached hydrogen (secondary N) is 2. The van der Waals surface area contributed by atoms with Crippen LogP contribution in [-0.4, -0.2) is 41.4 Å². The zero-order chi connectivity index (χ0) is 46.3. The maximum absolute atomic E-state index is 14.2. The number of nitrogens with two attached hydrogens (primary N) is 1. The van der Waals surface area contributed by atoms with Crippen molar-refractivity contribution < 1.29 is 84.8 Å². The first-order valence-electron chi connectivity index (χ1n) is 14.9. The lowest BCUT2D eigenvalue weighted by molar-refractivity contribution is -0.387. The molecule has 28 heteroatoms. The van der Waals surface area contributed by atoms with Gasteiger partial charge in [-0.1, -0.05) is 12.1 Å². The minimum absolute atomic E-state index is 0.144. The molecule has 326 valence electrons. The number of nitro groups is 1. The van der Waals surface area contributed by atoms with Crippen molar-refractivity contribution in [3.8, 4) is 0 Å². The summed E-state index contributed by atoms with van der Waals surface area (Å²) < 4.78 is 209. The monoisotopic (exact) mass is 1140 g/mol. The van der Waals surface area contributed by atoms with Gasteiger partial charge in [-0.2, -0.15) is 57.1 Å². The fourth-order valence-electron chi connectivity index (χ4n) is 4.68. The molecule has 0 aliphatic rings. The first-order valence-corrected chi connectivity index (χ1v) is 18.0. The number of carbonyl (C=O) groups excluding carboxylic acids is 2. The van der Waals surface area contributed by atoms with E-state index in [1.807, 2.05) is 5.32 Å². The van der Waals surface area contributed by atoms with Gasteiger partial charge >= 0.3 is 41.7 Å². The summed E-state index contributed by atoms with van der Waals surface area (Å²) >= 11 is 10.7. The molecule has 0 saturated carbocycles. The van der Waals surface area contributed by atoms with Crippen LogP contribution in [0.2, 0.25) is 0 Å². The van der Waals surface area contributed by atoms with Gasteiger partial charge in [0.05, 0.1) is 33.1 Å². The highest BCUT2D eigenvalue weighted by molar-refractivity contribution is 9.11. The third-order valence-corrected chi connectivity index (χ3v) is 10.1. The van der Waals surface area contributed by atoms with Crippen LogP contribution in [0.5, 0.6) is 0 Å². The normalized spacial score (nSPS) is 12.7. The molecule has 0 spiro atoms. The number of hydrogen-bond donors (Lipinski definition) is 3. The summed E-state index contributed by atoms with van der Waals surface area (Å²) in [5.41, 5.74) is -13.3. The van der Waals surface area contributed by atoms with Gasteiger partial charge in [0.2, 0.25) is 5.82 Å². The Kier molecular flexibility index (Phi) is 14.8. The Labute approximate surface area is 356 Å². The summed E-state index contributed by atoms with van der Waals surface area (Å²) in [4.78, 5) is 34.1. The molecule has 60 heavy (non-hydrogen) atoms. The van der Waals surface area contributed by atoms with E-state index < -0.39 is 116 Å². The Morgan fingerprint density at radius 3 is 1.15 bits per heavy atom. The van der Waals surface area contributed by atoms with Crippen LogP contribution in [0, 0.1) is 21.7 Å². The van der Waals surface area contributed by atoms with Crippen LogP contribution in [0.3, 0.4) is 0 Å². The Hall–Kier alpha value is -4.18. The van der Waals surface area contributed by atoms with Gasteiger partial charge in [0.15, 0.2) is 5.82 Å². The molecule has 4 aromatic rings. The summed E-state index contributed by atoms with van der Waals surface area (Å²) in [6.07, 6.45) is -25.3. The predicted octanol–water partition coefficient (Wildman–Crippen LogP) is 13.3. The Balaban J connectivity index is 0.000000321. The van der Waals surface area contributed by atoms with E-state index in [2.05, 4.69) is 69.0 Å². The molecule has 8 nitrogen and oxygen atoms in total. The Morgan fingerprint density at radius 1 is 0.550 bits per heavy atom. The maximum atomic E-state index is 14.2. The first kappa shape index (κ1) is 50.2. The van der Waals surface area contributed by atoms with Crippen molar-refractivity contribution >= 4 is 98.3 Å². The van der Waals surface area contributed by atoms with E-state index in [4.69, 9.17) is 5.73 Å². The number of rotatable bonds is 7. The lowest BCUT2D eigenvalue weighted by Gasteiger charge is -2.31. The van der Waals surface area contributed by atoms with Crippen LogP contribution in [0.4, 0.5) is 93.0 Å². The molecule has 4 rings (SSSR count). The van der Waals surface area contributed by atoms with E-state index in [1.165, 1.54) is 12.1 Å². The van der Waals surface area contributed by atoms with Crippen LogP contribution in [0.15, 0.2) is 78.6 Å². The first-order chi connectivity index (χ1) is 27.1. The van der Waals surface area contributed by atoms with Gasteiger partial charge in [-0.3, -0.25) is 19.7 Å². The van der Waals surface area contributed by atoms with Crippen molar-refractivity contribution in [2.45, 2.75) is 36.0 Å². The second-order valence-electron chi connectivity index (χ2n) is 11.5. The molecular formula is C32H14Br4F16N4O4. The highest BCUT2D eigenvalue weighted by atomic mass is 79.9. The van der Waals surface area contributed by atoms with E-state index in [0.29, 0.717) is 0 Å². The SMILES string of the molecule is Nc1cccc(C(=O)Nc2c(Br)cc(C(F)(C(F)(F)F)C(F)(F)F)cc2Br)c1F.O=C(Nc1c(Br)cc(C(F)(C(F)(F)F)C(F)(F)F)cc1Br)c1cccc([N+](=O)[O-])c1F. The standard InChI is InChI=1S/C16H6Br2F8N2O3.C16H8Br2F8N2O/c17-8-4-6(14(20,15(21,22)23)16(24,25)26)5-9(18)12(8)27-13(29)7-2-1-3-10(11(7)19)28(30)31;17-8-4-6(14(20,15(21,22)23)16(24,25)26)5-9(18)12(8)28-13(29)7-2-1-3-10(27)11(7)19/h1-5H,(H,27,29);1-5H,27H2,(H,28,29). The number of carbonyl (C=O) groups is 2. The van der Waals surface area contributed by atoms with E-state index >= 15 is 0 Å². The number of anilines is 3. The number of hydrogen-bond acceptors (Lipinski definition) is 5. The summed E-state index contributed by atoms with van der Waals surface area (Å²) in [5, 5.41) is 14.8. The number of nitro benzene ring substituents is 1. The number of benzene rings is 4. The summed E-state index contributed by atoms with van der Waals surface area (Å²) in [6.45, 7) is 0. The number of halogens is 20. The van der Waals surface area contributed by atoms with E-state index in [1.54, 1.807) is 0 Å². The summed E-state index contributed by atoms with van der Waals surface area (Å²) in [6, 6.07) is 6.80. The van der Waals surface area contributed by atoms with E-state index in [9.17, 15) is 90.0 Å². The van der Waals surface area contributed by atoms with E-state index in [-0.39, 0.29) is 35.6 Å². The molecule has 0 heterocycles. The highest BCUT2D eigenvalue weighted by Gasteiger charge is 2.74. The van der Waals surface area contributed by atoms with Crippen LogP contribution in [-0.2, 0) is 11.3 Å². The number of nitrogens with zero attached hydrogens (tertiary/aromatic N) is 1. The quantitative estimate of drug-likeness (QED) is 0.0735. The van der Waals surface area contributed by atoms with E-state index in [0.717, 1.165) is 24.3 Å². The van der Waals surface area contributed by atoms with Crippen LogP contribution in [0.1, 0.15) is 31.8 Å². The van der Waals surface area contributed by atoms with Gasteiger partial charge in [0.1, 0.15) is 0 Å². The van der Waals surface area contributed by atoms with Gasteiger partial charge in [-0.15, -0.1) is 0 Å². The number of nitrogen functional groups attached to an aromatic ring is 1. The fraction of sp³-hybridized carbons (Fsp3) is 0.188. The molecule has 4 aromatic carbocycles. The zero-order valence-electron chi connectivity index (χ0n) is 28.0. The molecule has 0 fully saturated rings. The van der Waals surface area contributed by atoms with Crippen molar-refractivity contribution in [3.05, 3.63) is 123 Å². The average Bonchev–Trinajstić information content (AvgIpc) is 3.09. The third kappa shape index (κ3) is 9.79. The van der Waals surface area contributed by atoms with Crippen LogP contribution in [0.25, 0.3) is 0 Å². The molecule has 0 atom stereocenters. The Morgan fingerprint density at radius 2 is 0.850 bits per heavy atom. The molecule has 0 aliphatic heterocycles. The molecule has 0 aromatic heterocycles. The van der Waals surface area contributed by atoms with Crippen LogP contribution >= 0.6 is 63.7 Å². The average molecular weight is 1140 g/mol.